The van der Waals surface area contributed by atoms with Crippen LogP contribution in [0, 0.1) is 11.8 Å². The number of ketones is 2. The maximum atomic E-state index is 13.1. The molecule has 30 heavy (non-hydrogen) atoms. The van der Waals surface area contributed by atoms with E-state index < -0.39 is 51.2 Å². The van der Waals surface area contributed by atoms with Gasteiger partial charge in [-0.15, -0.1) is 0 Å². The maximum absolute atomic E-state index is 13.1. The number of ether oxygens (including phenoxy) is 1. The van der Waals surface area contributed by atoms with Gasteiger partial charge in [0.15, 0.2) is 11.6 Å². The van der Waals surface area contributed by atoms with E-state index in [4.69, 9.17) is 4.74 Å². The normalized spacial score (nSPS) is 21.9. The SMILES string of the molecule is CS(=O)(=O)CCOCc1nc(C(F)(F)F)ccc1C(O)=C1C(=O)C2CCC(C2)C1=O. The Hall–Kier alpha value is -2.27. The molecule has 0 amide bonds. The number of Topliss-reactive ketones (excluding diaryl/α,β-unsaturated/α-hetero) is 2. The smallest absolute Gasteiger partial charge is 0.433 e. The molecule has 11 heteroatoms. The number of rotatable bonds is 6. The van der Waals surface area contributed by atoms with Crippen LogP contribution in [0.1, 0.15) is 36.2 Å². The molecule has 2 unspecified atom stereocenters. The minimum Gasteiger partial charge on any atom is -0.506 e. The molecule has 7 nitrogen and oxygen atoms in total. The molecule has 2 aliphatic carbocycles. The Balaban J connectivity index is 1.98. The topological polar surface area (TPSA) is 111 Å². The molecular formula is C19H20F3NO6S. The van der Waals surface area contributed by atoms with Crippen molar-refractivity contribution in [3.63, 3.8) is 0 Å². The third-order valence-corrected chi connectivity index (χ3v) is 6.17. The summed E-state index contributed by atoms with van der Waals surface area (Å²) >= 11 is 0. The van der Waals surface area contributed by atoms with Gasteiger partial charge in [0.1, 0.15) is 26.9 Å². The Bertz CT molecular complexity index is 992. The van der Waals surface area contributed by atoms with Crippen LogP contribution in [0.15, 0.2) is 17.7 Å². The second-order valence-electron chi connectivity index (χ2n) is 7.53. The predicted molar refractivity (Wildman–Crippen MR) is 99.0 cm³/mol. The third kappa shape index (κ3) is 4.72. The van der Waals surface area contributed by atoms with Crippen LogP contribution in [-0.4, -0.2) is 48.7 Å². The molecule has 0 radical (unpaired) electrons. The minimum absolute atomic E-state index is 0.222. The first-order valence-corrected chi connectivity index (χ1v) is 11.3. The van der Waals surface area contributed by atoms with Crippen LogP contribution in [0.5, 0.6) is 0 Å². The number of pyridine rings is 1. The number of carbonyl (C=O) groups excluding carboxylic acids is 2. The van der Waals surface area contributed by atoms with Crippen LogP contribution < -0.4 is 0 Å². The molecule has 1 heterocycles. The summed E-state index contributed by atoms with van der Waals surface area (Å²) in [6.07, 6.45) is -2.31. The molecule has 164 valence electrons. The zero-order valence-electron chi connectivity index (χ0n) is 16.0. The number of carbonyl (C=O) groups is 2. The molecule has 2 aliphatic rings. The van der Waals surface area contributed by atoms with Gasteiger partial charge in [-0.3, -0.25) is 9.59 Å². The minimum atomic E-state index is -4.77. The molecule has 1 aromatic rings. The highest BCUT2D eigenvalue weighted by atomic mass is 32.2. The van der Waals surface area contributed by atoms with E-state index in [-0.39, 0.29) is 35.5 Å². The molecule has 0 spiro atoms. The molecule has 1 aromatic heterocycles. The van der Waals surface area contributed by atoms with E-state index in [0.29, 0.717) is 25.3 Å². The summed E-state index contributed by atoms with van der Waals surface area (Å²) in [7, 11) is -3.35. The number of hydrogen-bond donors (Lipinski definition) is 1. The van der Waals surface area contributed by atoms with Gasteiger partial charge in [-0.25, -0.2) is 13.4 Å². The van der Waals surface area contributed by atoms with Crippen LogP contribution in [-0.2, 0) is 36.9 Å². The fourth-order valence-electron chi connectivity index (χ4n) is 3.72. The van der Waals surface area contributed by atoms with E-state index in [1.165, 1.54) is 0 Å². The summed E-state index contributed by atoms with van der Waals surface area (Å²) in [5, 5.41) is 10.7. The summed E-state index contributed by atoms with van der Waals surface area (Å²) in [6.45, 7) is -0.836. The van der Waals surface area contributed by atoms with E-state index in [1.54, 1.807) is 0 Å². The molecule has 2 saturated carbocycles. The van der Waals surface area contributed by atoms with Gasteiger partial charge in [0.2, 0.25) is 0 Å². The summed E-state index contributed by atoms with van der Waals surface area (Å²) in [6, 6.07) is 1.57. The van der Waals surface area contributed by atoms with Gasteiger partial charge in [-0.1, -0.05) is 0 Å². The first kappa shape index (κ1) is 22.4. The number of fused-ring (bicyclic) bond motifs is 2. The highest BCUT2D eigenvalue weighted by Crippen LogP contribution is 2.42. The number of halogens is 3. The van der Waals surface area contributed by atoms with Gasteiger partial charge in [0, 0.05) is 23.7 Å². The summed E-state index contributed by atoms with van der Waals surface area (Å²) in [4.78, 5) is 28.6. The van der Waals surface area contributed by atoms with Crippen LogP contribution >= 0.6 is 0 Å². The molecule has 3 rings (SSSR count). The Morgan fingerprint density at radius 2 is 1.80 bits per heavy atom. The van der Waals surface area contributed by atoms with Crippen molar-refractivity contribution in [2.75, 3.05) is 18.6 Å². The number of aliphatic hydroxyl groups is 1. The van der Waals surface area contributed by atoms with E-state index in [1.807, 2.05) is 0 Å². The maximum Gasteiger partial charge on any atom is 0.433 e. The first-order valence-electron chi connectivity index (χ1n) is 9.23. The molecule has 0 aromatic carbocycles. The van der Waals surface area contributed by atoms with Crippen molar-refractivity contribution in [1.82, 2.24) is 4.98 Å². The standard InChI is InChI=1S/C19H20F3NO6S/c1-30(27,28)7-6-29-9-13-12(4-5-14(23-13)19(20,21)22)18(26)15-16(24)10-2-3-11(8-10)17(15)25/h4-5,10-11,26H,2-3,6-9H2,1H3. The number of alkyl halides is 3. The van der Waals surface area contributed by atoms with Gasteiger partial charge in [0.05, 0.1) is 24.7 Å². The van der Waals surface area contributed by atoms with Crippen molar-refractivity contribution in [3.05, 3.63) is 34.7 Å². The van der Waals surface area contributed by atoms with Crippen molar-refractivity contribution in [2.45, 2.75) is 32.0 Å². The third-order valence-electron chi connectivity index (χ3n) is 5.26. The lowest BCUT2D eigenvalue weighted by atomic mass is 9.81. The van der Waals surface area contributed by atoms with Crippen molar-refractivity contribution in [1.29, 1.82) is 0 Å². The van der Waals surface area contributed by atoms with Crippen LogP contribution in [0.4, 0.5) is 13.2 Å². The van der Waals surface area contributed by atoms with Gasteiger partial charge < -0.3 is 9.84 Å². The van der Waals surface area contributed by atoms with Crippen molar-refractivity contribution in [3.8, 4) is 0 Å². The van der Waals surface area contributed by atoms with Crippen LogP contribution in [0.3, 0.4) is 0 Å². The average molecular weight is 447 g/mol. The molecule has 0 aliphatic heterocycles. The van der Waals surface area contributed by atoms with E-state index >= 15 is 0 Å². The van der Waals surface area contributed by atoms with Gasteiger partial charge >= 0.3 is 6.18 Å². The van der Waals surface area contributed by atoms with Gasteiger partial charge in [-0.05, 0) is 31.4 Å². The number of allylic oxidation sites excluding steroid dienone is 1. The van der Waals surface area contributed by atoms with Crippen molar-refractivity contribution >= 4 is 27.2 Å². The zero-order valence-corrected chi connectivity index (χ0v) is 16.8. The lowest BCUT2D eigenvalue weighted by molar-refractivity contribution is -0.141. The highest BCUT2D eigenvalue weighted by Gasteiger charge is 2.45. The second kappa shape index (κ2) is 8.10. The average Bonchev–Trinajstić information content (AvgIpc) is 3.09. The summed E-state index contributed by atoms with van der Waals surface area (Å²) in [5.41, 5.74) is -2.22. The Kier molecular flexibility index (Phi) is 6.06. The highest BCUT2D eigenvalue weighted by molar-refractivity contribution is 7.90. The number of hydrogen-bond acceptors (Lipinski definition) is 7. The fourth-order valence-corrected chi connectivity index (χ4v) is 4.14. The monoisotopic (exact) mass is 447 g/mol. The molecule has 2 atom stereocenters. The summed E-state index contributed by atoms with van der Waals surface area (Å²) < 4.78 is 66.7. The Morgan fingerprint density at radius 1 is 1.20 bits per heavy atom. The molecular weight excluding hydrogens is 427 g/mol. The largest absolute Gasteiger partial charge is 0.506 e. The zero-order chi connectivity index (χ0) is 22.3. The number of aliphatic hydroxyl groups excluding tert-OH is 1. The molecule has 1 N–H and O–H groups in total. The predicted octanol–water partition coefficient (Wildman–Crippen LogP) is 2.50. The van der Waals surface area contributed by atoms with Gasteiger partial charge in [-0.2, -0.15) is 13.2 Å². The number of sulfone groups is 1. The van der Waals surface area contributed by atoms with Gasteiger partial charge in [0.25, 0.3) is 0 Å². The molecule has 2 bridgehead atoms. The number of nitrogens with zero attached hydrogens (tertiary/aromatic N) is 1. The van der Waals surface area contributed by atoms with Crippen molar-refractivity contribution < 1.29 is 41.0 Å². The number of aromatic nitrogens is 1. The summed E-state index contributed by atoms with van der Waals surface area (Å²) in [5.74, 6) is -2.88. The molecule has 0 saturated heterocycles. The fraction of sp³-hybridized carbons (Fsp3) is 0.526. The van der Waals surface area contributed by atoms with E-state index in [0.717, 1.165) is 12.3 Å². The van der Waals surface area contributed by atoms with Crippen molar-refractivity contribution in [2.24, 2.45) is 11.8 Å². The second-order valence-corrected chi connectivity index (χ2v) is 9.79. The molecule has 2 fully saturated rings. The quantitative estimate of drug-likeness (QED) is 0.309. The lowest BCUT2D eigenvalue weighted by Crippen LogP contribution is -2.30. The van der Waals surface area contributed by atoms with Crippen LogP contribution in [0.25, 0.3) is 5.76 Å². The van der Waals surface area contributed by atoms with E-state index in [9.17, 15) is 36.3 Å². The lowest BCUT2D eigenvalue weighted by Gasteiger charge is -2.21. The Morgan fingerprint density at radius 3 is 2.33 bits per heavy atom. The van der Waals surface area contributed by atoms with Crippen LogP contribution in [0.2, 0.25) is 0 Å². The van der Waals surface area contributed by atoms with E-state index in [2.05, 4.69) is 4.98 Å². The first-order chi connectivity index (χ1) is 13.9. The Labute approximate surface area is 170 Å².